The van der Waals surface area contributed by atoms with E-state index in [1.54, 1.807) is 0 Å². The lowest BCUT2D eigenvalue weighted by Gasteiger charge is -2.21. The molecule has 0 radical (unpaired) electrons. The summed E-state index contributed by atoms with van der Waals surface area (Å²) in [6.07, 6.45) is 2.78. The minimum atomic E-state index is -0.697. The van der Waals surface area contributed by atoms with Gasteiger partial charge in [0.15, 0.2) is 5.82 Å². The standard InChI is InChI=1S/C12H18N6O3/c1-7(13)18-11(9(5-15-18)10(14)19)17(2)16-12(20)21-6-8-3-4-8/h5,8H,1,3-4,6,13H2,2H3,(H2,14,19)(H,16,20). The Morgan fingerprint density at radius 3 is 2.76 bits per heavy atom. The number of ether oxygens (including phenoxy) is 1. The molecular weight excluding hydrogens is 276 g/mol. The van der Waals surface area contributed by atoms with Gasteiger partial charge in [-0.25, -0.2) is 10.2 Å². The van der Waals surface area contributed by atoms with E-state index in [1.165, 1.54) is 22.9 Å². The Bertz CT molecular complexity index is 546. The molecule has 2 rings (SSSR count). The van der Waals surface area contributed by atoms with Crippen molar-refractivity contribution in [1.82, 2.24) is 15.2 Å². The van der Waals surface area contributed by atoms with E-state index in [4.69, 9.17) is 16.2 Å². The Kier molecular flexibility index (Phi) is 4.01. The molecule has 1 aliphatic carbocycles. The summed E-state index contributed by atoms with van der Waals surface area (Å²) in [4.78, 5) is 23.1. The lowest BCUT2D eigenvalue weighted by Crippen LogP contribution is -2.42. The van der Waals surface area contributed by atoms with E-state index >= 15 is 0 Å². The quantitative estimate of drug-likeness (QED) is 0.626. The molecule has 0 bridgehead atoms. The van der Waals surface area contributed by atoms with Crippen molar-refractivity contribution in [3.63, 3.8) is 0 Å². The summed E-state index contributed by atoms with van der Waals surface area (Å²) in [5.74, 6) is 0.0463. The first-order valence-corrected chi connectivity index (χ1v) is 6.40. The highest BCUT2D eigenvalue weighted by Crippen LogP contribution is 2.28. The van der Waals surface area contributed by atoms with Gasteiger partial charge in [0.25, 0.3) is 5.91 Å². The highest BCUT2D eigenvalue weighted by molar-refractivity contribution is 5.98. The van der Waals surface area contributed by atoms with Gasteiger partial charge in [-0.3, -0.25) is 9.80 Å². The molecule has 0 spiro atoms. The van der Waals surface area contributed by atoms with Crippen molar-refractivity contribution in [3.8, 4) is 0 Å². The van der Waals surface area contributed by atoms with E-state index < -0.39 is 12.0 Å². The van der Waals surface area contributed by atoms with Crippen LogP contribution < -0.4 is 21.9 Å². The fourth-order valence-corrected chi connectivity index (χ4v) is 1.75. The van der Waals surface area contributed by atoms with Crippen LogP contribution in [0, 0.1) is 5.92 Å². The second-order valence-electron chi connectivity index (χ2n) is 4.86. The SMILES string of the molecule is C=C(N)n1ncc(C(N)=O)c1N(C)NC(=O)OCC1CC1. The minimum absolute atomic E-state index is 0.0810. The van der Waals surface area contributed by atoms with Crippen LogP contribution in [0.4, 0.5) is 10.6 Å². The van der Waals surface area contributed by atoms with E-state index in [2.05, 4.69) is 17.1 Å². The molecule has 1 aromatic heterocycles. The number of hydrazine groups is 1. The van der Waals surface area contributed by atoms with Crippen molar-refractivity contribution >= 4 is 23.6 Å². The molecule has 0 aromatic carbocycles. The van der Waals surface area contributed by atoms with Gasteiger partial charge in [-0.1, -0.05) is 6.58 Å². The zero-order chi connectivity index (χ0) is 15.6. The maximum Gasteiger partial charge on any atom is 0.426 e. The lowest BCUT2D eigenvalue weighted by atomic mass is 10.3. The molecule has 0 saturated heterocycles. The molecule has 5 N–H and O–H groups in total. The van der Waals surface area contributed by atoms with Gasteiger partial charge in [-0.2, -0.15) is 9.78 Å². The Morgan fingerprint density at radius 1 is 1.57 bits per heavy atom. The molecule has 21 heavy (non-hydrogen) atoms. The van der Waals surface area contributed by atoms with Crippen molar-refractivity contribution in [1.29, 1.82) is 0 Å². The van der Waals surface area contributed by atoms with Gasteiger partial charge in [0.1, 0.15) is 11.4 Å². The number of nitrogens with two attached hydrogens (primary N) is 2. The summed E-state index contributed by atoms with van der Waals surface area (Å²) < 4.78 is 6.24. The molecule has 0 aliphatic heterocycles. The van der Waals surface area contributed by atoms with Crippen molar-refractivity contribution < 1.29 is 14.3 Å². The van der Waals surface area contributed by atoms with Crippen LogP contribution in [0.1, 0.15) is 23.2 Å². The van der Waals surface area contributed by atoms with Gasteiger partial charge in [-0.15, -0.1) is 0 Å². The number of aromatic nitrogens is 2. The van der Waals surface area contributed by atoms with E-state index in [0.717, 1.165) is 12.8 Å². The fraction of sp³-hybridized carbons (Fsp3) is 0.417. The van der Waals surface area contributed by atoms with Crippen molar-refractivity contribution in [2.24, 2.45) is 17.4 Å². The molecule has 1 aromatic rings. The van der Waals surface area contributed by atoms with Gasteiger partial charge in [-0.05, 0) is 18.8 Å². The smallest absolute Gasteiger partial charge is 0.426 e. The van der Waals surface area contributed by atoms with E-state index in [0.29, 0.717) is 12.5 Å². The zero-order valence-electron chi connectivity index (χ0n) is 11.7. The Balaban J connectivity index is 2.10. The predicted octanol–water partition coefficient (Wildman–Crippen LogP) is -0.144. The number of amides is 2. The highest BCUT2D eigenvalue weighted by atomic mass is 16.6. The Labute approximate surface area is 121 Å². The summed E-state index contributed by atoms with van der Waals surface area (Å²) in [7, 11) is 1.52. The molecule has 9 nitrogen and oxygen atoms in total. The average Bonchev–Trinajstić information content (AvgIpc) is 3.11. The first-order chi connectivity index (χ1) is 9.90. The van der Waals surface area contributed by atoms with Crippen LogP contribution in [-0.2, 0) is 4.74 Å². The van der Waals surface area contributed by atoms with Gasteiger partial charge in [0.05, 0.1) is 12.8 Å². The number of hydrogen-bond donors (Lipinski definition) is 3. The number of rotatable bonds is 6. The monoisotopic (exact) mass is 294 g/mol. The van der Waals surface area contributed by atoms with Crippen LogP contribution >= 0.6 is 0 Å². The number of nitrogens with one attached hydrogen (secondary N) is 1. The summed E-state index contributed by atoms with van der Waals surface area (Å²) in [6, 6.07) is 0. The molecule has 1 fully saturated rings. The van der Waals surface area contributed by atoms with Crippen LogP contribution in [0.2, 0.25) is 0 Å². The average molecular weight is 294 g/mol. The van der Waals surface area contributed by atoms with Crippen LogP contribution in [-0.4, -0.2) is 35.4 Å². The first-order valence-electron chi connectivity index (χ1n) is 6.40. The Hall–Kier alpha value is -2.71. The second kappa shape index (κ2) is 5.73. The van der Waals surface area contributed by atoms with Crippen LogP contribution in [0.5, 0.6) is 0 Å². The van der Waals surface area contributed by atoms with Gasteiger partial charge in [0.2, 0.25) is 0 Å². The molecule has 2 amide bonds. The third-order valence-electron chi connectivity index (χ3n) is 3.01. The maximum atomic E-state index is 11.7. The normalized spacial score (nSPS) is 13.6. The molecule has 0 unspecified atom stereocenters. The summed E-state index contributed by atoms with van der Waals surface area (Å²) in [5.41, 5.74) is 13.4. The Morgan fingerprint density at radius 2 is 2.24 bits per heavy atom. The van der Waals surface area contributed by atoms with Gasteiger partial charge >= 0.3 is 6.09 Å². The van der Waals surface area contributed by atoms with Crippen LogP contribution in [0.15, 0.2) is 12.8 Å². The largest absolute Gasteiger partial charge is 0.448 e. The van der Waals surface area contributed by atoms with Gasteiger partial charge in [0, 0.05) is 7.05 Å². The molecule has 1 saturated carbocycles. The topological polar surface area (TPSA) is 128 Å². The van der Waals surface area contributed by atoms with Crippen molar-refractivity contribution in [3.05, 3.63) is 18.3 Å². The van der Waals surface area contributed by atoms with Crippen molar-refractivity contribution in [2.75, 3.05) is 18.7 Å². The third-order valence-corrected chi connectivity index (χ3v) is 3.01. The molecule has 1 heterocycles. The number of carbonyl (C=O) groups is 2. The number of anilines is 1. The summed E-state index contributed by atoms with van der Waals surface area (Å²) >= 11 is 0. The first kappa shape index (κ1) is 14.7. The molecule has 0 atom stereocenters. The molecule has 114 valence electrons. The molecular formula is C12H18N6O3. The number of hydrogen-bond acceptors (Lipinski definition) is 6. The number of carbonyl (C=O) groups excluding carboxylic acids is 2. The van der Waals surface area contributed by atoms with Gasteiger partial charge < -0.3 is 16.2 Å². The second-order valence-corrected chi connectivity index (χ2v) is 4.86. The van der Waals surface area contributed by atoms with Crippen molar-refractivity contribution in [2.45, 2.75) is 12.8 Å². The van der Waals surface area contributed by atoms with Crippen LogP contribution in [0.25, 0.3) is 5.82 Å². The van der Waals surface area contributed by atoms with E-state index in [9.17, 15) is 9.59 Å². The number of primary amides is 1. The zero-order valence-corrected chi connectivity index (χ0v) is 11.7. The highest BCUT2D eigenvalue weighted by Gasteiger charge is 2.24. The molecule has 9 heteroatoms. The van der Waals surface area contributed by atoms with E-state index in [-0.39, 0.29) is 17.2 Å². The fourth-order valence-electron chi connectivity index (χ4n) is 1.75. The summed E-state index contributed by atoms with van der Waals surface area (Å²) in [6.45, 7) is 3.92. The van der Waals surface area contributed by atoms with E-state index in [1.807, 2.05) is 0 Å². The summed E-state index contributed by atoms with van der Waals surface area (Å²) in [5, 5.41) is 5.17. The third kappa shape index (κ3) is 3.44. The lowest BCUT2D eigenvalue weighted by molar-refractivity contribution is 0.1000. The predicted molar refractivity (Wildman–Crippen MR) is 75.9 cm³/mol. The maximum absolute atomic E-state index is 11.7. The van der Waals surface area contributed by atoms with Crippen LogP contribution in [0.3, 0.4) is 0 Å². The minimum Gasteiger partial charge on any atom is -0.448 e. The molecule has 1 aliphatic rings. The number of nitrogens with zero attached hydrogens (tertiary/aromatic N) is 3.